The van der Waals surface area contributed by atoms with E-state index in [1.54, 1.807) is 0 Å². The molecule has 0 spiro atoms. The maximum atomic E-state index is 13.7. The highest BCUT2D eigenvalue weighted by Crippen LogP contribution is 2.31. The lowest BCUT2D eigenvalue weighted by atomic mass is 9.98. The van der Waals surface area contributed by atoms with Crippen LogP contribution < -0.4 is 10.6 Å². The Morgan fingerprint density at radius 3 is 2.34 bits per heavy atom. The van der Waals surface area contributed by atoms with Crippen molar-refractivity contribution in [3.05, 3.63) is 69.9 Å². The number of anilines is 2. The highest BCUT2D eigenvalue weighted by molar-refractivity contribution is 7.13. The summed E-state index contributed by atoms with van der Waals surface area (Å²) < 4.78 is 40.0. The average molecular weight is 461 g/mol. The Morgan fingerprint density at radius 1 is 0.938 bits per heavy atom. The lowest BCUT2D eigenvalue weighted by Gasteiger charge is -2.31. The van der Waals surface area contributed by atoms with Crippen LogP contribution >= 0.6 is 11.3 Å². The number of rotatable bonds is 4. The molecule has 1 aliphatic rings. The van der Waals surface area contributed by atoms with Crippen LogP contribution in [0.5, 0.6) is 0 Å². The third-order valence-electron chi connectivity index (χ3n) is 5.04. The molecule has 2 heterocycles. The highest BCUT2D eigenvalue weighted by Gasteiger charge is 2.27. The van der Waals surface area contributed by atoms with Crippen molar-refractivity contribution >= 4 is 34.6 Å². The summed E-state index contributed by atoms with van der Waals surface area (Å²) in [5, 5.41) is 14.0. The van der Waals surface area contributed by atoms with Gasteiger partial charge in [-0.1, -0.05) is 11.3 Å². The number of nitrogens with one attached hydrogen (secondary N) is 2. The van der Waals surface area contributed by atoms with Crippen molar-refractivity contribution in [2.45, 2.75) is 18.8 Å². The normalized spacial score (nSPS) is 14.3. The molecule has 0 radical (unpaired) electrons. The molecule has 32 heavy (non-hydrogen) atoms. The molecule has 0 unspecified atom stereocenters. The number of amides is 3. The quantitative estimate of drug-likeness (QED) is 0.594. The van der Waals surface area contributed by atoms with Crippen LogP contribution in [0.1, 0.15) is 33.6 Å². The minimum absolute atomic E-state index is 0.0230. The van der Waals surface area contributed by atoms with Gasteiger partial charge in [-0.2, -0.15) is 0 Å². The summed E-state index contributed by atoms with van der Waals surface area (Å²) in [7, 11) is 0. The number of likely N-dealkylation sites (tertiary alicyclic amines) is 1. The Morgan fingerprint density at radius 2 is 1.62 bits per heavy atom. The second-order valence-electron chi connectivity index (χ2n) is 7.22. The molecule has 1 aromatic heterocycles. The largest absolute Gasteiger partial charge is 0.324 e. The van der Waals surface area contributed by atoms with E-state index in [9.17, 15) is 22.8 Å². The van der Waals surface area contributed by atoms with Crippen molar-refractivity contribution in [3.63, 3.8) is 0 Å². The molecule has 0 atom stereocenters. The predicted molar refractivity (Wildman–Crippen MR) is 113 cm³/mol. The summed E-state index contributed by atoms with van der Waals surface area (Å²) >= 11 is 1.17. The number of urea groups is 1. The Balaban J connectivity index is 1.32. The van der Waals surface area contributed by atoms with Gasteiger partial charge in [0.2, 0.25) is 5.01 Å². The summed E-state index contributed by atoms with van der Waals surface area (Å²) in [6.45, 7) is 0.786. The first-order valence-corrected chi connectivity index (χ1v) is 10.6. The Labute approximate surface area is 185 Å². The Hall–Kier alpha value is -3.47. The number of hydrogen-bond donors (Lipinski definition) is 2. The molecule has 7 nitrogen and oxygen atoms in total. The van der Waals surface area contributed by atoms with E-state index in [2.05, 4.69) is 20.8 Å². The third-order valence-corrected chi connectivity index (χ3v) is 6.12. The second kappa shape index (κ2) is 9.35. The smallest absolute Gasteiger partial charge is 0.321 e. The summed E-state index contributed by atoms with van der Waals surface area (Å²) in [6.07, 6.45) is 1.18. The van der Waals surface area contributed by atoms with Crippen LogP contribution in [0, 0.1) is 17.5 Å². The first-order chi connectivity index (χ1) is 15.4. The standard InChI is InChI=1S/C21H18F3N5O2S/c22-13-1-4-15(5-2-13)25-18(30)20-28-27-19(32-20)12-7-9-29(10-8-12)21(31)26-17-11-14(23)3-6-16(17)24/h1-6,11-12H,7-10H2,(H,25,30)(H,26,31). The van der Waals surface area contributed by atoms with E-state index in [0.717, 1.165) is 18.2 Å². The van der Waals surface area contributed by atoms with Gasteiger partial charge in [-0.25, -0.2) is 18.0 Å². The molecule has 1 aliphatic heterocycles. The van der Waals surface area contributed by atoms with Gasteiger partial charge < -0.3 is 15.5 Å². The van der Waals surface area contributed by atoms with E-state index < -0.39 is 29.4 Å². The molecule has 0 saturated carbocycles. The SMILES string of the molecule is O=C(Nc1ccc(F)cc1)c1nnc(C2CCN(C(=O)Nc3cc(F)ccc3F)CC2)s1. The second-order valence-corrected chi connectivity index (χ2v) is 8.23. The van der Waals surface area contributed by atoms with E-state index in [4.69, 9.17) is 0 Å². The zero-order valence-corrected chi connectivity index (χ0v) is 17.5. The lowest BCUT2D eigenvalue weighted by Crippen LogP contribution is -2.40. The molecule has 4 rings (SSSR count). The van der Waals surface area contributed by atoms with Gasteiger partial charge in [-0.3, -0.25) is 4.79 Å². The molecule has 1 fully saturated rings. The van der Waals surface area contributed by atoms with Gasteiger partial charge in [0.15, 0.2) is 0 Å². The number of nitrogens with zero attached hydrogens (tertiary/aromatic N) is 3. The van der Waals surface area contributed by atoms with Crippen LogP contribution in [0.3, 0.4) is 0 Å². The third kappa shape index (κ3) is 5.05. The van der Waals surface area contributed by atoms with Crippen LogP contribution in [0.2, 0.25) is 0 Å². The molecule has 3 aromatic rings. The molecule has 166 valence electrons. The van der Waals surface area contributed by atoms with E-state index in [1.807, 2.05) is 0 Å². The van der Waals surface area contributed by atoms with Gasteiger partial charge in [-0.05, 0) is 49.2 Å². The van der Waals surface area contributed by atoms with E-state index in [-0.39, 0.29) is 16.6 Å². The maximum Gasteiger partial charge on any atom is 0.321 e. The monoisotopic (exact) mass is 461 g/mol. The molecule has 0 aliphatic carbocycles. The fourth-order valence-electron chi connectivity index (χ4n) is 3.33. The summed E-state index contributed by atoms with van der Waals surface area (Å²) in [6, 6.07) is 7.74. The van der Waals surface area contributed by atoms with Crippen molar-refractivity contribution in [2.24, 2.45) is 0 Å². The van der Waals surface area contributed by atoms with Gasteiger partial charge >= 0.3 is 6.03 Å². The van der Waals surface area contributed by atoms with Crippen molar-refractivity contribution in [1.82, 2.24) is 15.1 Å². The van der Waals surface area contributed by atoms with Crippen molar-refractivity contribution < 1.29 is 22.8 Å². The van der Waals surface area contributed by atoms with E-state index >= 15 is 0 Å². The van der Waals surface area contributed by atoms with Crippen LogP contribution in [-0.4, -0.2) is 40.1 Å². The van der Waals surface area contributed by atoms with Crippen LogP contribution in [0.15, 0.2) is 42.5 Å². The number of benzene rings is 2. The van der Waals surface area contributed by atoms with E-state index in [0.29, 0.717) is 36.6 Å². The summed E-state index contributed by atoms with van der Waals surface area (Å²) in [5.41, 5.74) is 0.236. The fraction of sp³-hybridized carbons (Fsp3) is 0.238. The minimum Gasteiger partial charge on any atom is -0.324 e. The van der Waals surface area contributed by atoms with Crippen molar-refractivity contribution in [2.75, 3.05) is 23.7 Å². The summed E-state index contributed by atoms with van der Waals surface area (Å²) in [5.74, 6) is -2.17. The number of hydrogen-bond acceptors (Lipinski definition) is 5. The van der Waals surface area contributed by atoms with Crippen molar-refractivity contribution in [3.8, 4) is 0 Å². The highest BCUT2D eigenvalue weighted by atomic mass is 32.1. The number of halogens is 3. The zero-order valence-electron chi connectivity index (χ0n) is 16.6. The number of carbonyl (C=O) groups is 2. The molecular weight excluding hydrogens is 443 g/mol. The lowest BCUT2D eigenvalue weighted by molar-refractivity contribution is 0.102. The number of aromatic nitrogens is 2. The zero-order chi connectivity index (χ0) is 22.7. The van der Waals surface area contributed by atoms with E-state index in [1.165, 1.54) is 40.5 Å². The average Bonchev–Trinajstić information content (AvgIpc) is 3.28. The first-order valence-electron chi connectivity index (χ1n) is 9.80. The molecule has 3 amide bonds. The first kappa shape index (κ1) is 21.8. The van der Waals surface area contributed by atoms with Crippen LogP contribution in [0.4, 0.5) is 29.3 Å². The van der Waals surface area contributed by atoms with Crippen LogP contribution in [-0.2, 0) is 0 Å². The molecule has 2 N–H and O–H groups in total. The van der Waals surface area contributed by atoms with Gasteiger partial charge in [-0.15, -0.1) is 10.2 Å². The predicted octanol–water partition coefficient (Wildman–Crippen LogP) is 4.62. The minimum atomic E-state index is -0.713. The molecule has 2 aromatic carbocycles. The fourth-order valence-corrected chi connectivity index (χ4v) is 4.23. The van der Waals surface area contributed by atoms with Crippen LogP contribution in [0.25, 0.3) is 0 Å². The van der Waals surface area contributed by atoms with Gasteiger partial charge in [0.05, 0.1) is 5.69 Å². The molecule has 0 bridgehead atoms. The molecule has 1 saturated heterocycles. The number of carbonyl (C=O) groups excluding carboxylic acids is 2. The topological polar surface area (TPSA) is 87.2 Å². The summed E-state index contributed by atoms with van der Waals surface area (Å²) in [4.78, 5) is 26.3. The number of piperidine rings is 1. The van der Waals surface area contributed by atoms with Gasteiger partial charge in [0.1, 0.15) is 22.5 Å². The molecular formula is C21H18F3N5O2S. The van der Waals surface area contributed by atoms with Gasteiger partial charge in [0.25, 0.3) is 5.91 Å². The molecule has 11 heteroatoms. The van der Waals surface area contributed by atoms with Gasteiger partial charge in [0, 0.05) is 30.8 Å². The van der Waals surface area contributed by atoms with Crippen molar-refractivity contribution in [1.29, 1.82) is 0 Å². The Kier molecular flexibility index (Phi) is 6.35. The Bertz CT molecular complexity index is 1130. The maximum absolute atomic E-state index is 13.7.